The lowest BCUT2D eigenvalue weighted by atomic mass is 10.0. The van der Waals surface area contributed by atoms with Crippen LogP contribution in [0.25, 0.3) is 5.52 Å². The second-order valence-corrected chi connectivity index (χ2v) is 6.37. The Morgan fingerprint density at radius 3 is 2.11 bits per heavy atom. The lowest BCUT2D eigenvalue weighted by Crippen LogP contribution is -2.16. The summed E-state index contributed by atoms with van der Waals surface area (Å²) < 4.78 is 1.65. The van der Waals surface area contributed by atoms with Crippen molar-refractivity contribution >= 4 is 34.5 Å². The number of benzene rings is 2. The number of fused-ring (bicyclic) bond motifs is 1. The van der Waals surface area contributed by atoms with Crippen molar-refractivity contribution in [3.05, 3.63) is 107 Å². The molecule has 0 saturated heterocycles. The van der Waals surface area contributed by atoms with Crippen molar-refractivity contribution in [2.75, 3.05) is 5.32 Å². The quantitative estimate of drug-likeness (QED) is 0.506. The smallest absolute Gasteiger partial charge is 0.258 e. The molecule has 0 unspecified atom stereocenters. The summed E-state index contributed by atoms with van der Waals surface area (Å²) in [6.45, 7) is 0. The van der Waals surface area contributed by atoms with E-state index < -0.39 is 0 Å². The number of rotatable bonds is 4. The highest BCUT2D eigenvalue weighted by atomic mass is 35.5. The standard InChI is InChI=1S/C22H15ClN2O2/c23-21-19(20(26)15-9-3-1-4-10-15)18(17-13-7-8-14-25(17)21)22(27)24-16-11-5-2-6-12-16/h1-14H,(H,24,27). The predicted octanol–water partition coefficient (Wildman–Crippen LogP) is 5.08. The first kappa shape index (κ1) is 17.1. The fourth-order valence-electron chi connectivity index (χ4n) is 3.06. The van der Waals surface area contributed by atoms with E-state index in [2.05, 4.69) is 5.32 Å². The van der Waals surface area contributed by atoms with E-state index in [9.17, 15) is 9.59 Å². The van der Waals surface area contributed by atoms with Gasteiger partial charge in [-0.15, -0.1) is 0 Å². The zero-order chi connectivity index (χ0) is 18.8. The van der Waals surface area contributed by atoms with E-state index in [-0.39, 0.29) is 28.0 Å². The van der Waals surface area contributed by atoms with Gasteiger partial charge in [-0.25, -0.2) is 0 Å². The van der Waals surface area contributed by atoms with Gasteiger partial charge in [0.15, 0.2) is 5.78 Å². The normalized spacial score (nSPS) is 10.7. The number of carbonyl (C=O) groups excluding carboxylic acids is 2. The molecule has 0 aliphatic rings. The maximum atomic E-state index is 13.1. The molecule has 0 fully saturated rings. The molecule has 2 aromatic carbocycles. The van der Waals surface area contributed by atoms with E-state index in [1.54, 1.807) is 59.1 Å². The summed E-state index contributed by atoms with van der Waals surface area (Å²) in [6.07, 6.45) is 1.73. The summed E-state index contributed by atoms with van der Waals surface area (Å²) in [5.41, 5.74) is 2.16. The molecule has 1 N–H and O–H groups in total. The predicted molar refractivity (Wildman–Crippen MR) is 107 cm³/mol. The van der Waals surface area contributed by atoms with Crippen molar-refractivity contribution in [1.82, 2.24) is 4.40 Å². The molecule has 0 aliphatic carbocycles. The Labute approximate surface area is 161 Å². The molecule has 0 saturated carbocycles. The zero-order valence-corrected chi connectivity index (χ0v) is 15.0. The van der Waals surface area contributed by atoms with Crippen molar-refractivity contribution in [3.8, 4) is 0 Å². The molecule has 5 heteroatoms. The van der Waals surface area contributed by atoms with Gasteiger partial charge in [0.25, 0.3) is 5.91 Å². The van der Waals surface area contributed by atoms with Gasteiger partial charge in [-0.3, -0.25) is 9.59 Å². The summed E-state index contributed by atoms with van der Waals surface area (Å²) in [5, 5.41) is 3.07. The van der Waals surface area contributed by atoms with Crippen LogP contribution in [-0.2, 0) is 0 Å². The molecule has 0 radical (unpaired) electrons. The Kier molecular flexibility index (Phi) is 4.48. The molecule has 4 nitrogen and oxygen atoms in total. The number of halogens is 1. The zero-order valence-electron chi connectivity index (χ0n) is 14.2. The lowest BCUT2D eigenvalue weighted by molar-refractivity contribution is 0.0998. The molecule has 0 aliphatic heterocycles. The maximum Gasteiger partial charge on any atom is 0.258 e. The van der Waals surface area contributed by atoms with Crippen LogP contribution in [0.3, 0.4) is 0 Å². The van der Waals surface area contributed by atoms with Crippen molar-refractivity contribution in [1.29, 1.82) is 0 Å². The number of pyridine rings is 1. The molecule has 0 spiro atoms. The Hall–Kier alpha value is -3.37. The van der Waals surface area contributed by atoms with Crippen LogP contribution in [0.2, 0.25) is 5.15 Å². The molecule has 132 valence electrons. The maximum absolute atomic E-state index is 13.1. The SMILES string of the molecule is O=C(c1ccccc1)c1c(C(=O)Nc2ccccc2)c2ccccn2c1Cl. The molecular formula is C22H15ClN2O2. The summed E-state index contributed by atoms with van der Waals surface area (Å²) >= 11 is 6.52. The van der Waals surface area contributed by atoms with Gasteiger partial charge in [-0.2, -0.15) is 0 Å². The van der Waals surface area contributed by atoms with E-state index in [4.69, 9.17) is 11.6 Å². The van der Waals surface area contributed by atoms with Crippen LogP contribution < -0.4 is 5.32 Å². The Bertz CT molecular complexity index is 1140. The van der Waals surface area contributed by atoms with E-state index in [0.29, 0.717) is 16.8 Å². The van der Waals surface area contributed by atoms with Gasteiger partial charge >= 0.3 is 0 Å². The molecule has 1 amide bonds. The van der Waals surface area contributed by atoms with Gasteiger partial charge in [0.05, 0.1) is 16.6 Å². The highest BCUT2D eigenvalue weighted by Gasteiger charge is 2.27. The van der Waals surface area contributed by atoms with Crippen LogP contribution in [0.4, 0.5) is 5.69 Å². The van der Waals surface area contributed by atoms with Gasteiger partial charge < -0.3 is 9.72 Å². The van der Waals surface area contributed by atoms with Crippen LogP contribution in [0.5, 0.6) is 0 Å². The van der Waals surface area contributed by atoms with Gasteiger partial charge in [0, 0.05) is 17.4 Å². The number of carbonyl (C=O) groups is 2. The van der Waals surface area contributed by atoms with E-state index in [0.717, 1.165) is 0 Å². The van der Waals surface area contributed by atoms with Crippen LogP contribution >= 0.6 is 11.6 Å². The molecule has 0 bridgehead atoms. The number of amides is 1. The Morgan fingerprint density at radius 1 is 0.778 bits per heavy atom. The molecule has 2 heterocycles. The van der Waals surface area contributed by atoms with Crippen molar-refractivity contribution in [2.24, 2.45) is 0 Å². The first-order chi connectivity index (χ1) is 13.2. The van der Waals surface area contributed by atoms with Crippen molar-refractivity contribution < 1.29 is 9.59 Å². The summed E-state index contributed by atoms with van der Waals surface area (Å²) in [5.74, 6) is -0.668. The van der Waals surface area contributed by atoms with Gasteiger partial charge in [0.1, 0.15) is 5.15 Å². The highest BCUT2D eigenvalue weighted by molar-refractivity contribution is 6.37. The van der Waals surface area contributed by atoms with Crippen molar-refractivity contribution in [2.45, 2.75) is 0 Å². The summed E-state index contributed by atoms with van der Waals surface area (Å²) in [6, 6.07) is 23.3. The number of hydrogen-bond acceptors (Lipinski definition) is 2. The third kappa shape index (κ3) is 3.11. The monoisotopic (exact) mass is 374 g/mol. The van der Waals surface area contributed by atoms with Crippen LogP contribution in [0.15, 0.2) is 85.1 Å². The summed E-state index contributed by atoms with van der Waals surface area (Å²) in [7, 11) is 0. The van der Waals surface area contributed by atoms with E-state index >= 15 is 0 Å². The number of nitrogens with zero attached hydrogens (tertiary/aromatic N) is 1. The van der Waals surface area contributed by atoms with Gasteiger partial charge in [-0.05, 0) is 24.3 Å². The third-order valence-corrected chi connectivity index (χ3v) is 4.68. The minimum atomic E-state index is -0.379. The molecule has 0 atom stereocenters. The number of hydrogen-bond donors (Lipinski definition) is 1. The third-order valence-electron chi connectivity index (χ3n) is 4.31. The largest absolute Gasteiger partial charge is 0.322 e. The molecule has 4 rings (SSSR count). The number of anilines is 1. The van der Waals surface area contributed by atoms with Crippen LogP contribution in [0.1, 0.15) is 26.3 Å². The first-order valence-corrected chi connectivity index (χ1v) is 8.79. The van der Waals surface area contributed by atoms with Crippen molar-refractivity contribution in [3.63, 3.8) is 0 Å². The number of ketones is 1. The van der Waals surface area contributed by atoms with Gasteiger partial charge in [-0.1, -0.05) is 66.2 Å². The molecule has 2 aromatic heterocycles. The average molecular weight is 375 g/mol. The molecular weight excluding hydrogens is 360 g/mol. The lowest BCUT2D eigenvalue weighted by Gasteiger charge is -2.07. The minimum Gasteiger partial charge on any atom is -0.322 e. The average Bonchev–Trinajstić information content (AvgIpc) is 3.02. The molecule has 27 heavy (non-hydrogen) atoms. The Morgan fingerprint density at radius 2 is 1.41 bits per heavy atom. The fourth-order valence-corrected chi connectivity index (χ4v) is 3.38. The van der Waals surface area contributed by atoms with E-state index in [1.165, 1.54) is 0 Å². The van der Waals surface area contributed by atoms with Gasteiger partial charge in [0.2, 0.25) is 0 Å². The topological polar surface area (TPSA) is 50.6 Å². The van der Waals surface area contributed by atoms with E-state index in [1.807, 2.05) is 30.3 Å². The Balaban J connectivity index is 1.88. The highest BCUT2D eigenvalue weighted by Crippen LogP contribution is 2.30. The second kappa shape index (κ2) is 7.09. The minimum absolute atomic E-state index is 0.197. The molecule has 4 aromatic rings. The first-order valence-electron chi connectivity index (χ1n) is 8.41. The number of para-hydroxylation sites is 1. The number of nitrogens with one attached hydrogen (secondary N) is 1. The van der Waals surface area contributed by atoms with Crippen LogP contribution in [0, 0.1) is 0 Å². The van der Waals surface area contributed by atoms with Crippen LogP contribution in [-0.4, -0.2) is 16.1 Å². The second-order valence-electron chi connectivity index (χ2n) is 6.01. The number of aromatic nitrogens is 1. The fraction of sp³-hybridized carbons (Fsp3) is 0. The summed E-state index contributed by atoms with van der Waals surface area (Å²) in [4.78, 5) is 26.2.